The van der Waals surface area contributed by atoms with E-state index in [0.717, 1.165) is 40.6 Å². The lowest BCUT2D eigenvalue weighted by atomic mass is 9.97. The van der Waals surface area contributed by atoms with E-state index in [1.165, 1.54) is 22.3 Å². The first-order chi connectivity index (χ1) is 11.2. The average molecular weight is 325 g/mol. The minimum atomic E-state index is -0.120. The summed E-state index contributed by atoms with van der Waals surface area (Å²) in [7, 11) is 0. The summed E-state index contributed by atoms with van der Waals surface area (Å²) >= 11 is 1.63. The molecule has 1 aliphatic rings. The van der Waals surface area contributed by atoms with E-state index in [1.807, 2.05) is 6.07 Å². The number of aromatic nitrogens is 2. The second kappa shape index (κ2) is 5.62. The zero-order valence-corrected chi connectivity index (χ0v) is 13.2. The number of nitrogens with zero attached hydrogens (tertiary/aromatic N) is 3. The molecule has 0 aliphatic heterocycles. The Hall–Kier alpha value is -2.47. The maximum Gasteiger partial charge on any atom is 0.282 e. The molecule has 0 saturated heterocycles. The van der Waals surface area contributed by atoms with Gasteiger partial charge in [-0.2, -0.15) is 9.78 Å². The van der Waals surface area contributed by atoms with E-state index in [0.29, 0.717) is 0 Å². The van der Waals surface area contributed by atoms with Gasteiger partial charge in [0.05, 0.1) is 11.6 Å². The highest BCUT2D eigenvalue weighted by atomic mass is 32.1. The summed E-state index contributed by atoms with van der Waals surface area (Å²) in [6.45, 7) is 0. The van der Waals surface area contributed by atoms with E-state index >= 15 is 0 Å². The second-order valence-electron chi connectivity index (χ2n) is 5.62. The van der Waals surface area contributed by atoms with Gasteiger partial charge in [-0.1, -0.05) is 12.1 Å². The highest BCUT2D eigenvalue weighted by Crippen LogP contribution is 2.33. The Kier molecular flexibility index (Phi) is 3.46. The second-order valence-corrected chi connectivity index (χ2v) is 6.71. The molecule has 0 amide bonds. The molecule has 0 unspecified atom stereocenters. The lowest BCUT2D eigenvalue weighted by molar-refractivity contribution is 0.475. The molecular formula is C17H15N3O2S. The van der Waals surface area contributed by atoms with Gasteiger partial charge >= 0.3 is 0 Å². The molecule has 1 aliphatic carbocycles. The molecule has 116 valence electrons. The molecule has 0 radical (unpaired) electrons. The Morgan fingerprint density at radius 3 is 3.04 bits per heavy atom. The van der Waals surface area contributed by atoms with Crippen molar-refractivity contribution >= 4 is 27.8 Å². The van der Waals surface area contributed by atoms with Gasteiger partial charge in [0.1, 0.15) is 16.9 Å². The number of thiophene rings is 1. The fourth-order valence-electron chi connectivity index (χ4n) is 2.95. The van der Waals surface area contributed by atoms with Crippen LogP contribution in [0, 0.1) is 0 Å². The molecule has 2 heterocycles. The van der Waals surface area contributed by atoms with Crippen molar-refractivity contribution < 1.29 is 5.11 Å². The topological polar surface area (TPSA) is 67.5 Å². The van der Waals surface area contributed by atoms with Crippen molar-refractivity contribution in [2.75, 3.05) is 0 Å². The predicted molar refractivity (Wildman–Crippen MR) is 91.6 cm³/mol. The molecule has 0 bridgehead atoms. The molecule has 5 nitrogen and oxygen atoms in total. The molecule has 0 spiro atoms. The minimum absolute atomic E-state index is 0.120. The molecule has 0 saturated carbocycles. The van der Waals surface area contributed by atoms with Gasteiger partial charge in [0, 0.05) is 4.88 Å². The monoisotopic (exact) mass is 325 g/mol. The van der Waals surface area contributed by atoms with Crippen LogP contribution in [0.5, 0.6) is 5.75 Å². The summed E-state index contributed by atoms with van der Waals surface area (Å²) in [4.78, 5) is 19.2. The highest BCUT2D eigenvalue weighted by Gasteiger charge is 2.19. The number of benzene rings is 1. The number of phenols is 1. The molecule has 1 aromatic carbocycles. The van der Waals surface area contributed by atoms with Crippen molar-refractivity contribution in [3.05, 3.63) is 57.0 Å². The third-order valence-corrected chi connectivity index (χ3v) is 5.26. The molecule has 6 heteroatoms. The number of rotatable bonds is 2. The molecule has 0 atom stereocenters. The standard InChI is InChI=1S/C17H15N3O2S/c21-12-5-3-4-11(8-12)9-19-20-10-18-16-15(17(20)22)13-6-1-2-7-14(13)23-16/h3-5,8-10,21H,1-2,6-7H2. The molecule has 4 rings (SSSR count). The summed E-state index contributed by atoms with van der Waals surface area (Å²) in [6.07, 6.45) is 7.32. The van der Waals surface area contributed by atoms with Crippen molar-refractivity contribution in [2.45, 2.75) is 25.7 Å². The largest absolute Gasteiger partial charge is 0.508 e. The van der Waals surface area contributed by atoms with E-state index in [2.05, 4.69) is 10.1 Å². The number of hydrogen-bond donors (Lipinski definition) is 1. The average Bonchev–Trinajstić information content (AvgIpc) is 2.93. The fraction of sp³-hybridized carbons (Fsp3) is 0.235. The Bertz CT molecular complexity index is 972. The summed E-state index contributed by atoms with van der Waals surface area (Å²) in [5.41, 5.74) is 1.77. The van der Waals surface area contributed by atoms with Crippen LogP contribution in [-0.2, 0) is 12.8 Å². The van der Waals surface area contributed by atoms with E-state index < -0.39 is 0 Å². The van der Waals surface area contributed by atoms with Crippen LogP contribution in [0.4, 0.5) is 0 Å². The summed E-state index contributed by atoms with van der Waals surface area (Å²) in [5.74, 6) is 0.168. The molecule has 23 heavy (non-hydrogen) atoms. The Labute approximate surface area is 136 Å². The van der Waals surface area contributed by atoms with Gasteiger partial charge in [0.15, 0.2) is 0 Å². The smallest absolute Gasteiger partial charge is 0.282 e. The Morgan fingerprint density at radius 2 is 2.17 bits per heavy atom. The summed E-state index contributed by atoms with van der Waals surface area (Å²) in [6, 6.07) is 6.73. The van der Waals surface area contributed by atoms with Crippen LogP contribution in [0.1, 0.15) is 28.8 Å². The zero-order valence-electron chi connectivity index (χ0n) is 12.4. The number of fused-ring (bicyclic) bond motifs is 3. The van der Waals surface area contributed by atoms with Crippen LogP contribution in [0.25, 0.3) is 10.2 Å². The van der Waals surface area contributed by atoms with Crippen molar-refractivity contribution in [3.8, 4) is 5.75 Å². The first kappa shape index (κ1) is 14.1. The van der Waals surface area contributed by atoms with Gasteiger partial charge in [-0.3, -0.25) is 4.79 Å². The molecule has 3 aromatic rings. The highest BCUT2D eigenvalue weighted by molar-refractivity contribution is 7.18. The number of phenolic OH excluding ortho intramolecular Hbond substituents is 1. The van der Waals surface area contributed by atoms with Crippen LogP contribution in [0.3, 0.4) is 0 Å². The van der Waals surface area contributed by atoms with E-state index in [-0.39, 0.29) is 11.3 Å². The quantitative estimate of drug-likeness (QED) is 0.737. The van der Waals surface area contributed by atoms with Gasteiger partial charge < -0.3 is 5.11 Å². The lowest BCUT2D eigenvalue weighted by Crippen LogP contribution is -2.18. The van der Waals surface area contributed by atoms with Crippen LogP contribution >= 0.6 is 11.3 Å². The van der Waals surface area contributed by atoms with Crippen LogP contribution in [0.15, 0.2) is 40.5 Å². The normalized spacial score (nSPS) is 14.4. The van der Waals surface area contributed by atoms with Crippen LogP contribution in [0.2, 0.25) is 0 Å². The van der Waals surface area contributed by atoms with E-state index in [1.54, 1.807) is 35.8 Å². The van der Waals surface area contributed by atoms with Crippen LogP contribution in [-0.4, -0.2) is 21.0 Å². The maximum atomic E-state index is 12.7. The molecule has 2 aromatic heterocycles. The molecule has 1 N–H and O–H groups in total. The van der Waals surface area contributed by atoms with Crippen LogP contribution < -0.4 is 5.56 Å². The van der Waals surface area contributed by atoms with E-state index in [4.69, 9.17) is 0 Å². The first-order valence-electron chi connectivity index (χ1n) is 7.57. The van der Waals surface area contributed by atoms with Gasteiger partial charge in [-0.15, -0.1) is 11.3 Å². The van der Waals surface area contributed by atoms with E-state index in [9.17, 15) is 9.90 Å². The van der Waals surface area contributed by atoms with Crippen molar-refractivity contribution in [1.29, 1.82) is 0 Å². The van der Waals surface area contributed by atoms with Crippen molar-refractivity contribution in [2.24, 2.45) is 5.10 Å². The number of aryl methyl sites for hydroxylation is 2. The Morgan fingerprint density at radius 1 is 1.30 bits per heavy atom. The predicted octanol–water partition coefficient (Wildman–Crippen LogP) is 2.92. The van der Waals surface area contributed by atoms with Crippen molar-refractivity contribution in [1.82, 2.24) is 9.66 Å². The maximum absolute atomic E-state index is 12.7. The third-order valence-electron chi connectivity index (χ3n) is 4.06. The van der Waals surface area contributed by atoms with Gasteiger partial charge in [-0.05, 0) is 48.9 Å². The lowest BCUT2D eigenvalue weighted by Gasteiger charge is -2.09. The van der Waals surface area contributed by atoms with Gasteiger partial charge in [-0.25, -0.2) is 4.98 Å². The first-order valence-corrected chi connectivity index (χ1v) is 8.39. The third kappa shape index (κ3) is 2.55. The number of aromatic hydroxyl groups is 1. The number of hydrogen-bond acceptors (Lipinski definition) is 5. The zero-order chi connectivity index (χ0) is 15.8. The molecule has 0 fully saturated rings. The summed E-state index contributed by atoms with van der Waals surface area (Å²) < 4.78 is 1.27. The SMILES string of the molecule is O=c1c2c3c(sc2ncn1N=Cc1cccc(O)c1)CCCC3. The fourth-order valence-corrected chi connectivity index (χ4v) is 4.17. The Balaban J connectivity index is 1.79. The van der Waals surface area contributed by atoms with Crippen molar-refractivity contribution in [3.63, 3.8) is 0 Å². The molecular weight excluding hydrogens is 310 g/mol. The minimum Gasteiger partial charge on any atom is -0.508 e. The van der Waals surface area contributed by atoms with Gasteiger partial charge in [0.25, 0.3) is 5.56 Å². The van der Waals surface area contributed by atoms with Gasteiger partial charge in [0.2, 0.25) is 0 Å². The summed E-state index contributed by atoms with van der Waals surface area (Å²) in [5, 5.41) is 14.4.